The van der Waals surface area contributed by atoms with Crippen LogP contribution in [-0.2, 0) is 14.3 Å². The van der Waals surface area contributed by atoms with Crippen molar-refractivity contribution in [2.45, 2.75) is 12.2 Å². The van der Waals surface area contributed by atoms with E-state index in [1.807, 2.05) is 30.4 Å². The van der Waals surface area contributed by atoms with Crippen LogP contribution >= 0.6 is 15.9 Å². The fourth-order valence-electron chi connectivity index (χ4n) is 3.17. The third-order valence-corrected chi connectivity index (χ3v) is 4.67. The van der Waals surface area contributed by atoms with Gasteiger partial charge in [0, 0.05) is 4.47 Å². The van der Waals surface area contributed by atoms with Gasteiger partial charge in [0.15, 0.2) is 0 Å². The number of benzene rings is 1. The molecule has 0 unspecified atom stereocenters. The summed E-state index contributed by atoms with van der Waals surface area (Å²) in [6.07, 6.45) is 3.30. The summed E-state index contributed by atoms with van der Waals surface area (Å²) in [4.78, 5) is 26.3. The average Bonchev–Trinajstić information content (AvgIpc) is 3.06. The first-order valence-corrected chi connectivity index (χ1v) is 6.94. The van der Waals surface area contributed by atoms with Gasteiger partial charge < -0.3 is 4.74 Å². The van der Waals surface area contributed by atoms with Gasteiger partial charge >= 0.3 is 0 Å². The number of amides is 2. The van der Waals surface area contributed by atoms with Gasteiger partial charge in [0.05, 0.1) is 29.7 Å². The van der Waals surface area contributed by atoms with Crippen molar-refractivity contribution in [3.63, 3.8) is 0 Å². The zero-order chi connectivity index (χ0) is 13.1. The van der Waals surface area contributed by atoms with Gasteiger partial charge in [-0.25, -0.2) is 4.90 Å². The third kappa shape index (κ3) is 1.37. The summed E-state index contributed by atoms with van der Waals surface area (Å²) in [7, 11) is 0. The van der Waals surface area contributed by atoms with Gasteiger partial charge in [0.2, 0.25) is 11.8 Å². The second-order valence-corrected chi connectivity index (χ2v) is 5.82. The second kappa shape index (κ2) is 3.77. The molecule has 2 amide bonds. The Morgan fingerprint density at radius 1 is 1.00 bits per heavy atom. The average molecular weight is 320 g/mol. The number of carbonyl (C=O) groups is 2. The number of anilines is 1. The summed E-state index contributed by atoms with van der Waals surface area (Å²) < 4.78 is 6.35. The lowest BCUT2D eigenvalue weighted by Gasteiger charge is -2.18. The van der Waals surface area contributed by atoms with E-state index in [1.54, 1.807) is 6.07 Å². The summed E-state index contributed by atoms with van der Waals surface area (Å²) in [5.41, 5.74) is 0.617. The molecule has 0 radical (unpaired) electrons. The Labute approximate surface area is 118 Å². The lowest BCUT2D eigenvalue weighted by molar-refractivity contribution is -0.124. The highest BCUT2D eigenvalue weighted by atomic mass is 79.9. The number of nitrogens with zero attached hydrogens (tertiary/aromatic N) is 1. The number of hydrogen-bond acceptors (Lipinski definition) is 3. The maximum absolute atomic E-state index is 12.5. The minimum absolute atomic E-state index is 0.154. The number of hydrogen-bond donors (Lipinski definition) is 0. The van der Waals surface area contributed by atoms with E-state index in [0.717, 1.165) is 4.47 Å². The van der Waals surface area contributed by atoms with Crippen LogP contribution in [0.2, 0.25) is 0 Å². The Balaban J connectivity index is 1.79. The van der Waals surface area contributed by atoms with Crippen molar-refractivity contribution in [1.29, 1.82) is 0 Å². The molecule has 0 aromatic heterocycles. The van der Waals surface area contributed by atoms with Gasteiger partial charge in [0.25, 0.3) is 0 Å². The number of imide groups is 1. The van der Waals surface area contributed by atoms with Crippen LogP contribution in [0, 0.1) is 11.8 Å². The molecule has 0 spiro atoms. The molecule has 3 aliphatic rings. The summed E-state index contributed by atoms with van der Waals surface area (Å²) >= 11 is 3.39. The van der Waals surface area contributed by atoms with Crippen molar-refractivity contribution in [1.82, 2.24) is 0 Å². The molecule has 4 atom stereocenters. The summed E-state index contributed by atoms with van der Waals surface area (Å²) in [6.45, 7) is 0. The van der Waals surface area contributed by atoms with Crippen molar-refractivity contribution in [3.8, 4) is 0 Å². The minimum atomic E-state index is -0.352. The molecule has 2 fully saturated rings. The highest BCUT2D eigenvalue weighted by molar-refractivity contribution is 9.10. The van der Waals surface area contributed by atoms with Crippen molar-refractivity contribution in [3.05, 3.63) is 40.9 Å². The van der Waals surface area contributed by atoms with Crippen LogP contribution in [0.25, 0.3) is 0 Å². The topological polar surface area (TPSA) is 46.6 Å². The highest BCUT2D eigenvalue weighted by Crippen LogP contribution is 2.47. The van der Waals surface area contributed by atoms with Gasteiger partial charge in [-0.2, -0.15) is 0 Å². The maximum atomic E-state index is 12.5. The zero-order valence-corrected chi connectivity index (χ0v) is 11.4. The molecule has 0 aliphatic carbocycles. The van der Waals surface area contributed by atoms with Gasteiger partial charge in [-0.3, -0.25) is 9.59 Å². The Bertz CT molecular complexity index is 597. The Kier molecular flexibility index (Phi) is 2.26. The minimum Gasteiger partial charge on any atom is -0.365 e. The van der Waals surface area contributed by atoms with E-state index in [4.69, 9.17) is 4.74 Å². The van der Waals surface area contributed by atoms with E-state index < -0.39 is 0 Å². The number of ether oxygens (including phenoxy) is 1. The standard InChI is InChI=1S/C14H10BrNO3/c15-7-3-1-2-4-8(7)16-13(17)11-9-5-6-10(19-9)12(11)14(16)18/h1-6,9-12H/t9-,10+,11-,12-/m0/s1. The first-order valence-electron chi connectivity index (χ1n) is 6.14. The van der Waals surface area contributed by atoms with Crippen LogP contribution in [0.5, 0.6) is 0 Å². The molecule has 3 aliphatic heterocycles. The predicted molar refractivity (Wildman–Crippen MR) is 71.4 cm³/mol. The van der Waals surface area contributed by atoms with E-state index >= 15 is 0 Å². The van der Waals surface area contributed by atoms with Crippen LogP contribution in [0.3, 0.4) is 0 Å². The third-order valence-electron chi connectivity index (χ3n) is 4.00. The highest BCUT2D eigenvalue weighted by Gasteiger charge is 2.61. The monoisotopic (exact) mass is 319 g/mol. The predicted octanol–water partition coefficient (Wildman–Crippen LogP) is 1.89. The summed E-state index contributed by atoms with van der Waals surface area (Å²) in [5.74, 6) is -1.01. The molecule has 4 rings (SSSR count). The van der Waals surface area contributed by atoms with Crippen molar-refractivity contribution in [2.75, 3.05) is 4.90 Å². The number of halogens is 1. The zero-order valence-electron chi connectivity index (χ0n) is 9.82. The quantitative estimate of drug-likeness (QED) is 0.586. The molecule has 2 bridgehead atoms. The van der Waals surface area contributed by atoms with Crippen LogP contribution in [0.1, 0.15) is 0 Å². The van der Waals surface area contributed by atoms with E-state index in [1.165, 1.54) is 4.90 Å². The summed E-state index contributed by atoms with van der Waals surface area (Å²) in [6, 6.07) is 7.27. The van der Waals surface area contributed by atoms with Gasteiger partial charge in [0.1, 0.15) is 0 Å². The first-order chi connectivity index (χ1) is 9.18. The summed E-state index contributed by atoms with van der Waals surface area (Å²) in [5, 5.41) is 0. The molecule has 19 heavy (non-hydrogen) atoms. The number of fused-ring (bicyclic) bond motifs is 5. The van der Waals surface area contributed by atoms with E-state index in [-0.39, 0.29) is 35.9 Å². The largest absolute Gasteiger partial charge is 0.365 e. The van der Waals surface area contributed by atoms with Gasteiger partial charge in [-0.05, 0) is 28.1 Å². The van der Waals surface area contributed by atoms with Crippen molar-refractivity contribution >= 4 is 33.4 Å². The Morgan fingerprint density at radius 2 is 1.58 bits per heavy atom. The molecule has 1 aromatic rings. The lowest BCUT2D eigenvalue weighted by Crippen LogP contribution is -2.34. The molecule has 1 aromatic carbocycles. The molecular formula is C14H10BrNO3. The Morgan fingerprint density at radius 3 is 2.16 bits per heavy atom. The lowest BCUT2D eigenvalue weighted by atomic mass is 9.85. The van der Waals surface area contributed by atoms with Crippen LogP contribution < -0.4 is 4.90 Å². The van der Waals surface area contributed by atoms with Gasteiger partial charge in [-0.1, -0.05) is 24.3 Å². The smallest absolute Gasteiger partial charge is 0.240 e. The van der Waals surface area contributed by atoms with Crippen molar-refractivity contribution in [2.24, 2.45) is 11.8 Å². The fraction of sp³-hybridized carbons (Fsp3) is 0.286. The van der Waals surface area contributed by atoms with Gasteiger partial charge in [-0.15, -0.1) is 0 Å². The second-order valence-electron chi connectivity index (χ2n) is 4.97. The van der Waals surface area contributed by atoms with E-state index in [9.17, 15) is 9.59 Å². The molecule has 4 nitrogen and oxygen atoms in total. The molecule has 0 N–H and O–H groups in total. The van der Waals surface area contributed by atoms with Crippen LogP contribution in [0.15, 0.2) is 40.9 Å². The molecule has 3 heterocycles. The molecule has 2 saturated heterocycles. The SMILES string of the molecule is O=C1[C@@H]2[C@@H](C(=O)N1c1ccccc1Br)[C@H]1C=C[C@@H]2O1. The molecule has 96 valence electrons. The normalized spacial score (nSPS) is 35.3. The number of rotatable bonds is 1. The van der Waals surface area contributed by atoms with Crippen LogP contribution in [0.4, 0.5) is 5.69 Å². The van der Waals surface area contributed by atoms with E-state index in [0.29, 0.717) is 5.69 Å². The Hall–Kier alpha value is -1.46. The molecular weight excluding hydrogens is 310 g/mol. The number of carbonyl (C=O) groups excluding carboxylic acids is 2. The van der Waals surface area contributed by atoms with Crippen molar-refractivity contribution < 1.29 is 14.3 Å². The molecule has 5 heteroatoms. The maximum Gasteiger partial charge on any atom is 0.240 e. The number of para-hydroxylation sites is 1. The molecule has 0 saturated carbocycles. The first kappa shape index (κ1) is 11.4. The van der Waals surface area contributed by atoms with E-state index in [2.05, 4.69) is 15.9 Å². The fourth-order valence-corrected chi connectivity index (χ4v) is 3.64. The van der Waals surface area contributed by atoms with Crippen LogP contribution in [-0.4, -0.2) is 24.0 Å².